The molecule has 0 bridgehead atoms. The Bertz CT molecular complexity index is 468. The van der Waals surface area contributed by atoms with E-state index in [1.54, 1.807) is 0 Å². The third kappa shape index (κ3) is 5.75. The Morgan fingerprint density at radius 3 is 2.60 bits per heavy atom. The molecule has 1 rings (SSSR count). The van der Waals surface area contributed by atoms with E-state index < -0.39 is 6.10 Å². The van der Waals surface area contributed by atoms with Crippen LogP contribution in [0.1, 0.15) is 19.8 Å². The van der Waals surface area contributed by atoms with Gasteiger partial charge in [0.15, 0.2) is 6.61 Å². The van der Waals surface area contributed by atoms with E-state index in [4.69, 9.17) is 39.5 Å². The first-order valence-corrected chi connectivity index (χ1v) is 7.29. The van der Waals surface area contributed by atoms with Gasteiger partial charge in [0.2, 0.25) is 0 Å². The van der Waals surface area contributed by atoms with Crippen LogP contribution in [-0.2, 0) is 4.79 Å². The molecule has 0 spiro atoms. The Kier molecular flexibility index (Phi) is 7.45. The molecule has 4 nitrogen and oxygen atoms in total. The summed E-state index contributed by atoms with van der Waals surface area (Å²) >= 11 is 17.5. The molecule has 20 heavy (non-hydrogen) atoms. The van der Waals surface area contributed by atoms with Gasteiger partial charge in [0, 0.05) is 12.6 Å². The molecule has 0 radical (unpaired) electrons. The number of halogens is 3. The lowest BCUT2D eigenvalue weighted by molar-refractivity contribution is -0.123. The summed E-state index contributed by atoms with van der Waals surface area (Å²) in [6.45, 7) is 2.09. The lowest BCUT2D eigenvalue weighted by Crippen LogP contribution is -2.31. The van der Waals surface area contributed by atoms with Gasteiger partial charge in [-0.05, 0) is 18.9 Å². The third-order valence-electron chi connectivity index (χ3n) is 2.60. The zero-order valence-corrected chi connectivity index (χ0v) is 13.2. The van der Waals surface area contributed by atoms with Crippen LogP contribution in [-0.4, -0.2) is 30.3 Å². The molecule has 1 aromatic rings. The second-order valence-electron chi connectivity index (χ2n) is 4.19. The van der Waals surface area contributed by atoms with Gasteiger partial charge in [-0.15, -0.1) is 0 Å². The van der Waals surface area contributed by atoms with E-state index >= 15 is 0 Å². The summed E-state index contributed by atoms with van der Waals surface area (Å²) in [5.74, 6) is 0.000233. The quantitative estimate of drug-likeness (QED) is 0.749. The fourth-order valence-corrected chi connectivity index (χ4v) is 1.98. The summed E-state index contributed by atoms with van der Waals surface area (Å²) in [6, 6.07) is 2.91. The van der Waals surface area contributed by atoms with Gasteiger partial charge in [-0.25, -0.2) is 0 Å². The number of carbonyl (C=O) groups excluding carboxylic acids is 1. The normalized spacial score (nSPS) is 12.1. The van der Waals surface area contributed by atoms with Crippen molar-refractivity contribution in [2.45, 2.75) is 25.9 Å². The predicted molar refractivity (Wildman–Crippen MR) is 80.9 cm³/mol. The van der Waals surface area contributed by atoms with Gasteiger partial charge in [-0.3, -0.25) is 4.79 Å². The van der Waals surface area contributed by atoms with Crippen molar-refractivity contribution >= 4 is 40.7 Å². The maximum Gasteiger partial charge on any atom is 0.257 e. The SMILES string of the molecule is CCC(O)CCNC(=O)COc1cc(Cl)c(Cl)cc1Cl. The summed E-state index contributed by atoms with van der Waals surface area (Å²) in [4.78, 5) is 11.5. The lowest BCUT2D eigenvalue weighted by Gasteiger charge is -2.11. The molecule has 0 heterocycles. The zero-order chi connectivity index (χ0) is 15.1. The summed E-state index contributed by atoms with van der Waals surface area (Å²) in [5.41, 5.74) is 0. The molecule has 0 aromatic heterocycles. The minimum absolute atomic E-state index is 0.181. The maximum absolute atomic E-state index is 11.5. The summed E-state index contributed by atoms with van der Waals surface area (Å²) < 4.78 is 5.27. The molecule has 1 aromatic carbocycles. The molecule has 0 saturated heterocycles. The first kappa shape index (κ1) is 17.4. The lowest BCUT2D eigenvalue weighted by atomic mass is 10.2. The highest BCUT2D eigenvalue weighted by molar-refractivity contribution is 6.43. The van der Waals surface area contributed by atoms with E-state index in [-0.39, 0.29) is 17.5 Å². The molecule has 2 N–H and O–H groups in total. The van der Waals surface area contributed by atoms with Gasteiger partial charge in [0.05, 0.1) is 21.2 Å². The molecule has 1 amide bonds. The fraction of sp³-hybridized carbons (Fsp3) is 0.462. The highest BCUT2D eigenvalue weighted by atomic mass is 35.5. The van der Waals surface area contributed by atoms with Crippen LogP contribution < -0.4 is 10.1 Å². The smallest absolute Gasteiger partial charge is 0.257 e. The number of hydrogen-bond acceptors (Lipinski definition) is 3. The number of nitrogens with one attached hydrogen (secondary N) is 1. The van der Waals surface area contributed by atoms with Crippen LogP contribution >= 0.6 is 34.8 Å². The van der Waals surface area contributed by atoms with Gasteiger partial charge in [-0.2, -0.15) is 0 Å². The van der Waals surface area contributed by atoms with Crippen molar-refractivity contribution in [3.05, 3.63) is 27.2 Å². The van der Waals surface area contributed by atoms with Crippen LogP contribution in [0.4, 0.5) is 0 Å². The molecule has 7 heteroatoms. The second kappa shape index (κ2) is 8.57. The molecule has 0 saturated carbocycles. The molecule has 1 atom stereocenters. The van der Waals surface area contributed by atoms with Gasteiger partial charge < -0.3 is 15.2 Å². The van der Waals surface area contributed by atoms with Crippen LogP contribution in [0.15, 0.2) is 12.1 Å². The first-order chi connectivity index (χ1) is 9.43. The van der Waals surface area contributed by atoms with Crippen molar-refractivity contribution in [3.63, 3.8) is 0 Å². The predicted octanol–water partition coefficient (Wildman–Crippen LogP) is 3.30. The monoisotopic (exact) mass is 339 g/mol. The number of carbonyl (C=O) groups is 1. The number of benzene rings is 1. The molecule has 0 fully saturated rings. The molecule has 1 unspecified atom stereocenters. The summed E-state index contributed by atoms with van der Waals surface area (Å²) in [7, 11) is 0. The number of hydrogen-bond donors (Lipinski definition) is 2. The fourth-order valence-electron chi connectivity index (χ4n) is 1.39. The summed E-state index contributed by atoms with van der Waals surface area (Å²) in [5, 5.41) is 12.9. The Morgan fingerprint density at radius 1 is 1.30 bits per heavy atom. The summed E-state index contributed by atoms with van der Waals surface area (Å²) in [6.07, 6.45) is 0.766. The van der Waals surface area contributed by atoms with Gasteiger partial charge in [-0.1, -0.05) is 41.7 Å². The minimum atomic E-state index is -0.402. The standard InChI is InChI=1S/C13H16Cl3NO3/c1-2-8(18)3-4-17-13(19)7-20-12-6-10(15)9(14)5-11(12)16/h5-6,8,18H,2-4,7H2,1H3,(H,17,19). The number of aliphatic hydroxyl groups excluding tert-OH is 1. The molecular formula is C13H16Cl3NO3. The van der Waals surface area contributed by atoms with Crippen molar-refractivity contribution in [2.24, 2.45) is 0 Å². The molecule has 0 aliphatic carbocycles. The van der Waals surface area contributed by atoms with Crippen molar-refractivity contribution in [1.82, 2.24) is 5.32 Å². The van der Waals surface area contributed by atoms with Crippen LogP contribution in [0.5, 0.6) is 5.75 Å². The van der Waals surface area contributed by atoms with Crippen molar-refractivity contribution < 1.29 is 14.6 Å². The third-order valence-corrected chi connectivity index (χ3v) is 3.62. The van der Waals surface area contributed by atoms with Gasteiger partial charge in [0.25, 0.3) is 5.91 Å². The topological polar surface area (TPSA) is 58.6 Å². The Hall–Kier alpha value is -0.680. The van der Waals surface area contributed by atoms with Crippen LogP contribution in [0.25, 0.3) is 0 Å². The van der Waals surface area contributed by atoms with Crippen LogP contribution in [0.2, 0.25) is 15.1 Å². The Labute approximate surface area is 133 Å². The van der Waals surface area contributed by atoms with Crippen LogP contribution in [0.3, 0.4) is 0 Å². The highest BCUT2D eigenvalue weighted by Gasteiger charge is 2.09. The molecule has 0 aliphatic rings. The van der Waals surface area contributed by atoms with E-state index in [0.29, 0.717) is 35.2 Å². The Balaban J connectivity index is 2.39. The van der Waals surface area contributed by atoms with Gasteiger partial charge >= 0.3 is 0 Å². The van der Waals surface area contributed by atoms with E-state index in [1.807, 2.05) is 6.92 Å². The van der Waals surface area contributed by atoms with Crippen molar-refractivity contribution in [3.8, 4) is 5.75 Å². The average Bonchev–Trinajstić information content (AvgIpc) is 2.41. The van der Waals surface area contributed by atoms with E-state index in [2.05, 4.69) is 5.32 Å². The number of ether oxygens (including phenoxy) is 1. The van der Waals surface area contributed by atoms with Crippen molar-refractivity contribution in [1.29, 1.82) is 0 Å². The van der Waals surface area contributed by atoms with E-state index in [1.165, 1.54) is 12.1 Å². The molecule has 0 aliphatic heterocycles. The number of aliphatic hydroxyl groups is 1. The minimum Gasteiger partial charge on any atom is -0.482 e. The number of rotatable bonds is 7. The molecular weight excluding hydrogens is 325 g/mol. The maximum atomic E-state index is 11.5. The zero-order valence-electron chi connectivity index (χ0n) is 11.0. The van der Waals surface area contributed by atoms with E-state index in [9.17, 15) is 9.90 Å². The van der Waals surface area contributed by atoms with E-state index in [0.717, 1.165) is 0 Å². The van der Waals surface area contributed by atoms with Crippen LogP contribution in [0, 0.1) is 0 Å². The average molecular weight is 341 g/mol. The molecule has 112 valence electrons. The highest BCUT2D eigenvalue weighted by Crippen LogP contribution is 2.33. The largest absolute Gasteiger partial charge is 0.482 e. The second-order valence-corrected chi connectivity index (χ2v) is 5.41. The van der Waals surface area contributed by atoms with Gasteiger partial charge in [0.1, 0.15) is 5.75 Å². The Morgan fingerprint density at radius 2 is 1.95 bits per heavy atom. The first-order valence-electron chi connectivity index (χ1n) is 6.16. The number of amides is 1. The van der Waals surface area contributed by atoms with Crippen molar-refractivity contribution in [2.75, 3.05) is 13.2 Å².